The minimum atomic E-state index is 0.0226. The second kappa shape index (κ2) is 17.5. The highest BCUT2D eigenvalue weighted by Crippen LogP contribution is 2.47. The number of anilines is 3. The molecule has 0 fully saturated rings. The quantitative estimate of drug-likeness (QED) is 0.138. The van der Waals surface area contributed by atoms with Crippen LogP contribution in [0.5, 0.6) is 0 Å². The summed E-state index contributed by atoms with van der Waals surface area (Å²) in [5.74, 6) is 0. The Kier molecular flexibility index (Phi) is 10.7. The van der Waals surface area contributed by atoms with E-state index in [1.54, 1.807) is 0 Å². The summed E-state index contributed by atoms with van der Waals surface area (Å²) in [7, 11) is 0. The summed E-state index contributed by atoms with van der Waals surface area (Å²) in [6.07, 6.45) is 0. The molecule has 0 saturated heterocycles. The van der Waals surface area contributed by atoms with Gasteiger partial charge in [-0.3, -0.25) is 0 Å². The molecule has 0 spiro atoms. The van der Waals surface area contributed by atoms with E-state index in [1.807, 2.05) is 0 Å². The van der Waals surface area contributed by atoms with E-state index in [4.69, 9.17) is 0 Å². The average Bonchev–Trinajstić information content (AvgIpc) is 3.76. The lowest BCUT2D eigenvalue weighted by molar-refractivity contribution is 0.590. The van der Waals surface area contributed by atoms with E-state index >= 15 is 0 Å². The Morgan fingerprint density at radius 1 is 0.297 bits per heavy atom. The summed E-state index contributed by atoms with van der Waals surface area (Å²) in [5.41, 5.74) is 19.3. The first-order valence-corrected chi connectivity index (χ1v) is 26.1. The molecule has 1 heterocycles. The van der Waals surface area contributed by atoms with Crippen LogP contribution in [0.4, 0.5) is 17.1 Å². The second-order valence-corrected chi connectivity index (χ2v) is 22.2. The fourth-order valence-corrected chi connectivity index (χ4v) is 11.4. The van der Waals surface area contributed by atoms with Crippen LogP contribution in [0.1, 0.15) is 52.7 Å². The largest absolute Gasteiger partial charge is 0.310 e. The second-order valence-electron chi connectivity index (χ2n) is 22.2. The number of nitrogens with zero attached hydrogens (tertiary/aromatic N) is 2. The molecule has 356 valence electrons. The predicted molar refractivity (Wildman–Crippen MR) is 318 cm³/mol. The molecule has 74 heavy (non-hydrogen) atoms. The summed E-state index contributed by atoms with van der Waals surface area (Å²) in [6.45, 7) is 13.9. The van der Waals surface area contributed by atoms with Crippen LogP contribution in [0.15, 0.2) is 243 Å². The Bertz CT molecular complexity index is 4150. The summed E-state index contributed by atoms with van der Waals surface area (Å²) in [4.78, 5) is 2.46. The summed E-state index contributed by atoms with van der Waals surface area (Å²) in [6, 6.07) is 90.3. The third kappa shape index (κ3) is 7.81. The van der Waals surface area contributed by atoms with Gasteiger partial charge in [-0.1, -0.05) is 217 Å². The third-order valence-electron chi connectivity index (χ3n) is 15.5. The summed E-state index contributed by atoms with van der Waals surface area (Å²) < 4.78 is 2.53. The minimum Gasteiger partial charge on any atom is -0.310 e. The van der Waals surface area contributed by atoms with Gasteiger partial charge in [-0.05, 0) is 155 Å². The highest BCUT2D eigenvalue weighted by Gasteiger charge is 2.24. The molecule has 0 radical (unpaired) electrons. The molecule has 0 aliphatic rings. The maximum absolute atomic E-state index is 2.53. The monoisotopic (exact) mass is 950 g/mol. The van der Waals surface area contributed by atoms with Crippen LogP contribution in [0.2, 0.25) is 0 Å². The van der Waals surface area contributed by atoms with Crippen molar-refractivity contribution in [3.63, 3.8) is 0 Å². The zero-order valence-electron chi connectivity index (χ0n) is 43.0. The van der Waals surface area contributed by atoms with Crippen molar-refractivity contribution in [3.05, 3.63) is 254 Å². The molecule has 2 heteroatoms. The fourth-order valence-electron chi connectivity index (χ4n) is 11.4. The van der Waals surface area contributed by atoms with Crippen LogP contribution in [0, 0.1) is 0 Å². The van der Waals surface area contributed by atoms with Gasteiger partial charge in [0, 0.05) is 32.9 Å². The van der Waals surface area contributed by atoms with Crippen molar-refractivity contribution in [2.45, 2.75) is 52.4 Å². The van der Waals surface area contributed by atoms with Gasteiger partial charge in [-0.2, -0.15) is 0 Å². The number of aromatic nitrogens is 1. The number of fused-ring (bicyclic) bond motifs is 3. The molecule has 0 amide bonds. The maximum Gasteiger partial charge on any atom is 0.0541 e. The van der Waals surface area contributed by atoms with Crippen molar-refractivity contribution >= 4 is 71.2 Å². The zero-order chi connectivity index (χ0) is 50.3. The molecule has 0 aliphatic carbocycles. The Labute approximate surface area is 434 Å². The minimum absolute atomic E-state index is 0.0226. The third-order valence-corrected chi connectivity index (χ3v) is 15.5. The molecule has 0 N–H and O–H groups in total. The van der Waals surface area contributed by atoms with Crippen LogP contribution in [0.25, 0.3) is 104 Å². The van der Waals surface area contributed by atoms with Gasteiger partial charge in [0.25, 0.3) is 0 Å². The van der Waals surface area contributed by atoms with E-state index in [0.717, 1.165) is 22.6 Å². The lowest BCUT2D eigenvalue weighted by Gasteiger charge is -2.28. The lowest BCUT2D eigenvalue weighted by Crippen LogP contribution is -2.11. The van der Waals surface area contributed by atoms with Gasteiger partial charge >= 0.3 is 0 Å². The normalized spacial score (nSPS) is 12.2. The van der Waals surface area contributed by atoms with Gasteiger partial charge in [0.1, 0.15) is 0 Å². The van der Waals surface area contributed by atoms with Crippen LogP contribution in [0.3, 0.4) is 0 Å². The molecule has 0 saturated carbocycles. The average molecular weight is 951 g/mol. The Balaban J connectivity index is 0.991. The Hall–Kier alpha value is -8.72. The lowest BCUT2D eigenvalue weighted by atomic mass is 9.85. The number of rotatable bonds is 8. The van der Waals surface area contributed by atoms with Crippen molar-refractivity contribution in [2.75, 3.05) is 4.90 Å². The summed E-state index contributed by atoms with van der Waals surface area (Å²) in [5, 5.41) is 10.1. The van der Waals surface area contributed by atoms with E-state index in [2.05, 4.69) is 294 Å². The fraction of sp³-hybridized carbons (Fsp3) is 0.111. The summed E-state index contributed by atoms with van der Waals surface area (Å²) >= 11 is 0. The van der Waals surface area contributed by atoms with Crippen LogP contribution < -0.4 is 4.90 Å². The highest BCUT2D eigenvalue weighted by molar-refractivity contribution is 6.27. The van der Waals surface area contributed by atoms with Crippen molar-refractivity contribution in [2.24, 2.45) is 0 Å². The number of benzene rings is 12. The van der Waals surface area contributed by atoms with E-state index in [-0.39, 0.29) is 10.8 Å². The number of hydrogen-bond donors (Lipinski definition) is 0. The molecule has 0 atom stereocenters. The maximum atomic E-state index is 2.53. The van der Waals surface area contributed by atoms with E-state index in [9.17, 15) is 0 Å². The Morgan fingerprint density at radius 2 is 0.730 bits per heavy atom. The first kappa shape index (κ1) is 45.2. The first-order chi connectivity index (χ1) is 35.9. The molecular weight excluding hydrogens is 893 g/mol. The van der Waals surface area contributed by atoms with E-state index in [0.29, 0.717) is 0 Å². The molecule has 13 rings (SSSR count). The molecule has 12 aromatic carbocycles. The molecule has 1 aromatic heterocycles. The predicted octanol–water partition coefficient (Wildman–Crippen LogP) is 20.4. The molecule has 2 nitrogen and oxygen atoms in total. The molecule has 0 bridgehead atoms. The van der Waals surface area contributed by atoms with Gasteiger partial charge in [0.05, 0.1) is 22.4 Å². The molecular formula is C72H58N2. The van der Waals surface area contributed by atoms with Gasteiger partial charge in [-0.25, -0.2) is 0 Å². The van der Waals surface area contributed by atoms with Crippen LogP contribution in [-0.4, -0.2) is 4.57 Å². The van der Waals surface area contributed by atoms with E-state index in [1.165, 1.54) is 110 Å². The Morgan fingerprint density at radius 3 is 1.30 bits per heavy atom. The van der Waals surface area contributed by atoms with Crippen molar-refractivity contribution < 1.29 is 0 Å². The topological polar surface area (TPSA) is 8.17 Å². The molecule has 0 unspecified atom stereocenters. The highest BCUT2D eigenvalue weighted by atomic mass is 15.1. The van der Waals surface area contributed by atoms with Gasteiger partial charge < -0.3 is 9.47 Å². The zero-order valence-corrected chi connectivity index (χ0v) is 43.0. The van der Waals surface area contributed by atoms with Gasteiger partial charge in [-0.15, -0.1) is 0 Å². The number of hydrogen-bond acceptors (Lipinski definition) is 1. The SMILES string of the molecule is CC(C)(C)c1ccc2c(c1)c1cc(C(C)(C)C)ccc1n2-c1ccc2ccc3c(N(c4ccc(-c5ccc(-c6ccccc6)cc5)cc4)c4cccc(-c5cccc(-c6ccccc6)c5)c4)ccc4ccc1c2c43. The molecule has 0 aliphatic heterocycles. The standard InChI is InChI=1S/C72H58N2/c1-71(2,3)57-33-41-67-63(45-57)64-46-58(72(4,5)6)34-42-68(64)74(67)66-40-32-53-29-37-61-65(39-31-52-30-38-62(66)70(53)69(52)61)73(59-35-27-51(28-36-59)50-25-23-49(24-26-50)47-15-9-7-10-16-47)60-22-14-21-56(44-60)55-20-13-19-54(43-55)48-17-11-8-12-18-48/h7-46H,1-6H3. The van der Waals surface area contributed by atoms with Crippen LogP contribution in [-0.2, 0) is 10.8 Å². The van der Waals surface area contributed by atoms with E-state index < -0.39 is 0 Å². The van der Waals surface area contributed by atoms with Crippen LogP contribution >= 0.6 is 0 Å². The van der Waals surface area contributed by atoms with Crippen molar-refractivity contribution in [1.29, 1.82) is 0 Å². The van der Waals surface area contributed by atoms with Gasteiger partial charge in [0.2, 0.25) is 0 Å². The smallest absolute Gasteiger partial charge is 0.0541 e. The van der Waals surface area contributed by atoms with Gasteiger partial charge in [0.15, 0.2) is 0 Å². The first-order valence-electron chi connectivity index (χ1n) is 26.1. The van der Waals surface area contributed by atoms with Crippen molar-refractivity contribution in [3.8, 4) is 50.2 Å². The van der Waals surface area contributed by atoms with Crippen molar-refractivity contribution in [1.82, 2.24) is 4.57 Å². The molecule has 13 aromatic rings.